The Balaban J connectivity index is 1.45. The molecule has 0 aliphatic heterocycles. The van der Waals surface area contributed by atoms with Crippen LogP contribution in [0.5, 0.6) is 11.6 Å². The number of nitrogens with zero attached hydrogens (tertiary/aromatic N) is 4. The summed E-state index contributed by atoms with van der Waals surface area (Å²) < 4.78 is 25.8. The Kier molecular flexibility index (Phi) is 4.42. The predicted octanol–water partition coefficient (Wildman–Crippen LogP) is 3.41. The zero-order valence-electron chi connectivity index (χ0n) is 13.7. The molecule has 0 aliphatic carbocycles. The van der Waals surface area contributed by atoms with Gasteiger partial charge in [0.05, 0.1) is 11.9 Å². The normalized spacial score (nSPS) is 10.8. The Hall–Kier alpha value is -3.48. The van der Waals surface area contributed by atoms with Gasteiger partial charge in [-0.2, -0.15) is 5.10 Å². The first kappa shape index (κ1) is 16.0. The third kappa shape index (κ3) is 3.32. The molecule has 0 saturated heterocycles. The minimum absolute atomic E-state index is 0.292. The Morgan fingerprint density at radius 3 is 2.46 bits per heavy atom. The van der Waals surface area contributed by atoms with E-state index in [1.807, 2.05) is 30.3 Å². The van der Waals surface area contributed by atoms with Crippen molar-refractivity contribution in [2.45, 2.75) is 0 Å². The van der Waals surface area contributed by atoms with Crippen LogP contribution < -0.4 is 9.47 Å². The number of benzene rings is 2. The first-order chi connectivity index (χ1) is 12.8. The monoisotopic (exact) mass is 350 g/mol. The van der Waals surface area contributed by atoms with Crippen LogP contribution in [0.2, 0.25) is 0 Å². The summed E-state index contributed by atoms with van der Waals surface area (Å²) >= 11 is 0. The van der Waals surface area contributed by atoms with Crippen LogP contribution in [0.1, 0.15) is 0 Å². The number of rotatable bonds is 6. The van der Waals surface area contributed by atoms with E-state index in [2.05, 4.69) is 15.1 Å². The van der Waals surface area contributed by atoms with Crippen molar-refractivity contribution in [2.24, 2.45) is 0 Å². The standard InChI is InChI=1S/C19H15FN4O2/c20-14-6-8-16(9-7-14)25-10-11-26-19-17-12-23-24(18(17)21-13-22-19)15-4-2-1-3-5-15/h1-9,12-13H,10-11H2. The molecule has 2 aromatic heterocycles. The molecule has 0 bridgehead atoms. The number of ether oxygens (including phenoxy) is 2. The van der Waals surface area contributed by atoms with E-state index in [-0.39, 0.29) is 5.82 Å². The largest absolute Gasteiger partial charge is 0.490 e. The van der Waals surface area contributed by atoms with E-state index in [0.29, 0.717) is 30.5 Å². The maximum absolute atomic E-state index is 12.9. The molecule has 2 aromatic carbocycles. The third-order valence-electron chi connectivity index (χ3n) is 3.73. The molecule has 0 fully saturated rings. The lowest BCUT2D eigenvalue weighted by Crippen LogP contribution is -2.10. The fraction of sp³-hybridized carbons (Fsp3) is 0.105. The van der Waals surface area contributed by atoms with Gasteiger partial charge in [0.1, 0.15) is 36.5 Å². The fourth-order valence-electron chi connectivity index (χ4n) is 2.52. The van der Waals surface area contributed by atoms with E-state index in [4.69, 9.17) is 9.47 Å². The molecule has 26 heavy (non-hydrogen) atoms. The summed E-state index contributed by atoms with van der Waals surface area (Å²) in [5.74, 6) is 0.729. The van der Waals surface area contributed by atoms with E-state index in [1.165, 1.54) is 18.5 Å². The number of para-hydroxylation sites is 1. The first-order valence-corrected chi connectivity index (χ1v) is 8.06. The highest BCUT2D eigenvalue weighted by Gasteiger charge is 2.11. The highest BCUT2D eigenvalue weighted by Crippen LogP contribution is 2.23. The van der Waals surface area contributed by atoms with Crippen LogP contribution in [-0.4, -0.2) is 33.0 Å². The molecule has 0 aliphatic rings. The summed E-state index contributed by atoms with van der Waals surface area (Å²) in [5.41, 5.74) is 1.58. The average Bonchev–Trinajstić information content (AvgIpc) is 3.12. The molecule has 0 amide bonds. The topological polar surface area (TPSA) is 62.1 Å². The molecule has 7 heteroatoms. The van der Waals surface area contributed by atoms with Gasteiger partial charge in [0.25, 0.3) is 0 Å². The molecule has 0 atom stereocenters. The summed E-state index contributed by atoms with van der Waals surface area (Å²) in [7, 11) is 0. The Labute approximate surface area is 148 Å². The summed E-state index contributed by atoms with van der Waals surface area (Å²) in [6.45, 7) is 0.601. The maximum atomic E-state index is 12.9. The maximum Gasteiger partial charge on any atom is 0.227 e. The molecule has 4 rings (SSSR count). The van der Waals surface area contributed by atoms with Crippen molar-refractivity contribution in [1.82, 2.24) is 19.7 Å². The summed E-state index contributed by atoms with van der Waals surface area (Å²) in [6.07, 6.45) is 3.12. The van der Waals surface area contributed by atoms with Crippen molar-refractivity contribution in [2.75, 3.05) is 13.2 Å². The van der Waals surface area contributed by atoms with E-state index < -0.39 is 0 Å². The molecular weight excluding hydrogens is 335 g/mol. The van der Waals surface area contributed by atoms with Crippen LogP contribution in [0, 0.1) is 5.82 Å². The number of fused-ring (bicyclic) bond motifs is 1. The average molecular weight is 350 g/mol. The van der Waals surface area contributed by atoms with Crippen LogP contribution >= 0.6 is 0 Å². The van der Waals surface area contributed by atoms with Crippen LogP contribution in [-0.2, 0) is 0 Å². The smallest absolute Gasteiger partial charge is 0.227 e. The molecule has 0 spiro atoms. The lowest BCUT2D eigenvalue weighted by Gasteiger charge is -2.08. The minimum Gasteiger partial charge on any atom is -0.490 e. The van der Waals surface area contributed by atoms with Crippen molar-refractivity contribution in [1.29, 1.82) is 0 Å². The molecule has 2 heterocycles. The number of aromatic nitrogens is 4. The fourth-order valence-corrected chi connectivity index (χ4v) is 2.52. The lowest BCUT2D eigenvalue weighted by molar-refractivity contribution is 0.213. The summed E-state index contributed by atoms with van der Waals surface area (Å²) in [5, 5.41) is 5.10. The second kappa shape index (κ2) is 7.18. The summed E-state index contributed by atoms with van der Waals surface area (Å²) in [4.78, 5) is 8.48. The van der Waals surface area contributed by atoms with E-state index in [9.17, 15) is 4.39 Å². The summed E-state index contributed by atoms with van der Waals surface area (Å²) in [6, 6.07) is 15.6. The van der Waals surface area contributed by atoms with E-state index >= 15 is 0 Å². The van der Waals surface area contributed by atoms with Gasteiger partial charge in [-0.25, -0.2) is 19.0 Å². The minimum atomic E-state index is -0.299. The molecule has 0 N–H and O–H groups in total. The van der Waals surface area contributed by atoms with Crippen LogP contribution in [0.25, 0.3) is 16.7 Å². The molecule has 0 unspecified atom stereocenters. The van der Waals surface area contributed by atoms with Crippen molar-refractivity contribution >= 4 is 11.0 Å². The lowest BCUT2D eigenvalue weighted by atomic mass is 10.3. The number of halogens is 1. The van der Waals surface area contributed by atoms with Gasteiger partial charge in [-0.15, -0.1) is 0 Å². The van der Waals surface area contributed by atoms with E-state index in [1.54, 1.807) is 23.0 Å². The second-order valence-electron chi connectivity index (χ2n) is 5.46. The van der Waals surface area contributed by atoms with Gasteiger partial charge in [-0.3, -0.25) is 0 Å². The van der Waals surface area contributed by atoms with Gasteiger partial charge in [0, 0.05) is 0 Å². The molecule has 0 radical (unpaired) electrons. The first-order valence-electron chi connectivity index (χ1n) is 8.06. The van der Waals surface area contributed by atoms with E-state index in [0.717, 1.165) is 11.1 Å². The number of hydrogen-bond donors (Lipinski definition) is 0. The van der Waals surface area contributed by atoms with Crippen molar-refractivity contribution < 1.29 is 13.9 Å². The molecule has 0 saturated carbocycles. The van der Waals surface area contributed by atoms with Crippen molar-refractivity contribution in [3.05, 3.63) is 72.9 Å². The van der Waals surface area contributed by atoms with Gasteiger partial charge in [0.15, 0.2) is 5.65 Å². The van der Waals surface area contributed by atoms with Gasteiger partial charge < -0.3 is 9.47 Å². The highest BCUT2D eigenvalue weighted by atomic mass is 19.1. The van der Waals surface area contributed by atoms with Crippen molar-refractivity contribution in [3.63, 3.8) is 0 Å². The van der Waals surface area contributed by atoms with Gasteiger partial charge in [-0.05, 0) is 36.4 Å². The zero-order chi connectivity index (χ0) is 17.8. The third-order valence-corrected chi connectivity index (χ3v) is 3.73. The van der Waals surface area contributed by atoms with Gasteiger partial charge in [-0.1, -0.05) is 18.2 Å². The molecule has 6 nitrogen and oxygen atoms in total. The number of hydrogen-bond acceptors (Lipinski definition) is 5. The Morgan fingerprint density at radius 2 is 1.65 bits per heavy atom. The van der Waals surface area contributed by atoms with Gasteiger partial charge in [0.2, 0.25) is 5.88 Å². The molecular formula is C19H15FN4O2. The molecule has 4 aromatic rings. The predicted molar refractivity (Wildman–Crippen MR) is 94.1 cm³/mol. The SMILES string of the molecule is Fc1ccc(OCCOc2ncnc3c2cnn3-c2ccccc2)cc1. The zero-order valence-corrected chi connectivity index (χ0v) is 13.7. The van der Waals surface area contributed by atoms with Crippen LogP contribution in [0.4, 0.5) is 4.39 Å². The second-order valence-corrected chi connectivity index (χ2v) is 5.46. The van der Waals surface area contributed by atoms with Crippen LogP contribution in [0.15, 0.2) is 67.1 Å². The van der Waals surface area contributed by atoms with Gasteiger partial charge >= 0.3 is 0 Å². The Bertz CT molecular complexity index is 1000. The molecule has 130 valence electrons. The van der Waals surface area contributed by atoms with Crippen molar-refractivity contribution in [3.8, 4) is 17.3 Å². The quantitative estimate of drug-likeness (QED) is 0.499. The highest BCUT2D eigenvalue weighted by molar-refractivity contribution is 5.81. The van der Waals surface area contributed by atoms with Crippen LogP contribution in [0.3, 0.4) is 0 Å². The Morgan fingerprint density at radius 1 is 0.885 bits per heavy atom.